The summed E-state index contributed by atoms with van der Waals surface area (Å²) in [6, 6.07) is 13.9. The van der Waals surface area contributed by atoms with Gasteiger partial charge >= 0.3 is 5.97 Å². The number of thioether (sulfide) groups is 1. The fourth-order valence-corrected chi connectivity index (χ4v) is 2.88. The molecule has 2 amide bonds. The fraction of sp³-hybridized carbons (Fsp3) is 0.167. The Morgan fingerprint density at radius 1 is 0.923 bits per heavy atom. The van der Waals surface area contributed by atoms with Crippen LogP contribution in [0.15, 0.2) is 53.4 Å². The van der Waals surface area contributed by atoms with Crippen molar-refractivity contribution >= 4 is 52.5 Å². The van der Waals surface area contributed by atoms with Gasteiger partial charge in [-0.25, -0.2) is 0 Å². The summed E-state index contributed by atoms with van der Waals surface area (Å²) in [5, 5.41) is 14.5. The summed E-state index contributed by atoms with van der Waals surface area (Å²) >= 11 is 7.23. The van der Waals surface area contributed by atoms with Crippen molar-refractivity contribution in [1.29, 1.82) is 0 Å². The summed E-state index contributed by atoms with van der Waals surface area (Å²) < 4.78 is 0. The lowest BCUT2D eigenvalue weighted by Gasteiger charge is -2.07. The van der Waals surface area contributed by atoms with Crippen molar-refractivity contribution in [2.75, 3.05) is 16.4 Å². The largest absolute Gasteiger partial charge is 0.481 e. The number of halogens is 1. The molecule has 0 spiro atoms. The molecule has 0 saturated carbocycles. The van der Waals surface area contributed by atoms with Crippen molar-refractivity contribution in [3.63, 3.8) is 0 Å². The van der Waals surface area contributed by atoms with E-state index in [4.69, 9.17) is 16.7 Å². The van der Waals surface area contributed by atoms with Gasteiger partial charge in [0, 0.05) is 27.7 Å². The molecule has 0 atom stereocenters. The van der Waals surface area contributed by atoms with E-state index in [1.807, 2.05) is 0 Å². The van der Waals surface area contributed by atoms with E-state index in [1.165, 1.54) is 11.8 Å². The molecule has 136 valence electrons. The summed E-state index contributed by atoms with van der Waals surface area (Å²) in [4.78, 5) is 34.8. The third kappa shape index (κ3) is 7.16. The van der Waals surface area contributed by atoms with E-state index < -0.39 is 5.97 Å². The SMILES string of the molecule is O=C(O)CCC(=O)Nc1ccc(SCC(=O)Nc2cccc(Cl)c2)cc1. The zero-order chi connectivity index (χ0) is 18.9. The van der Waals surface area contributed by atoms with Crippen LogP contribution in [0.1, 0.15) is 12.8 Å². The van der Waals surface area contributed by atoms with Gasteiger partial charge in [0.25, 0.3) is 0 Å². The number of carboxylic acid groups (broad SMARTS) is 1. The molecule has 3 N–H and O–H groups in total. The third-order valence-electron chi connectivity index (χ3n) is 3.18. The van der Waals surface area contributed by atoms with Crippen molar-refractivity contribution in [3.8, 4) is 0 Å². The second kappa shape index (κ2) is 9.84. The number of benzene rings is 2. The van der Waals surface area contributed by atoms with Crippen LogP contribution in [0.2, 0.25) is 5.02 Å². The zero-order valence-electron chi connectivity index (χ0n) is 13.7. The van der Waals surface area contributed by atoms with Gasteiger partial charge in [0.2, 0.25) is 11.8 Å². The van der Waals surface area contributed by atoms with Gasteiger partial charge < -0.3 is 15.7 Å². The summed E-state index contributed by atoms with van der Waals surface area (Å²) in [5.74, 6) is -1.28. The maximum Gasteiger partial charge on any atom is 0.303 e. The number of nitrogens with one attached hydrogen (secondary N) is 2. The van der Waals surface area contributed by atoms with Crippen LogP contribution in [0, 0.1) is 0 Å². The van der Waals surface area contributed by atoms with E-state index in [-0.39, 0.29) is 30.4 Å². The summed E-state index contributed by atoms with van der Waals surface area (Å²) in [5.41, 5.74) is 1.22. The highest BCUT2D eigenvalue weighted by Crippen LogP contribution is 2.21. The molecular formula is C18H17ClN2O4S. The molecule has 26 heavy (non-hydrogen) atoms. The maximum absolute atomic E-state index is 12.0. The van der Waals surface area contributed by atoms with Gasteiger partial charge in [-0.15, -0.1) is 11.8 Å². The van der Waals surface area contributed by atoms with Crippen LogP contribution < -0.4 is 10.6 Å². The Labute approximate surface area is 159 Å². The Morgan fingerprint density at radius 2 is 1.62 bits per heavy atom. The lowest BCUT2D eigenvalue weighted by Crippen LogP contribution is -2.14. The maximum atomic E-state index is 12.0. The zero-order valence-corrected chi connectivity index (χ0v) is 15.3. The third-order valence-corrected chi connectivity index (χ3v) is 4.43. The number of hydrogen-bond acceptors (Lipinski definition) is 4. The molecule has 0 radical (unpaired) electrons. The smallest absolute Gasteiger partial charge is 0.303 e. The number of rotatable bonds is 8. The molecule has 0 aliphatic heterocycles. The van der Waals surface area contributed by atoms with E-state index in [1.54, 1.807) is 48.5 Å². The molecule has 6 nitrogen and oxygen atoms in total. The molecule has 8 heteroatoms. The Balaban J connectivity index is 1.78. The number of amides is 2. The first-order valence-electron chi connectivity index (χ1n) is 7.72. The number of hydrogen-bond donors (Lipinski definition) is 3. The molecule has 0 bridgehead atoms. The Morgan fingerprint density at radius 3 is 2.27 bits per heavy atom. The van der Waals surface area contributed by atoms with E-state index in [0.29, 0.717) is 16.4 Å². The van der Waals surface area contributed by atoms with Gasteiger partial charge in [-0.1, -0.05) is 17.7 Å². The van der Waals surface area contributed by atoms with Gasteiger partial charge in [0.1, 0.15) is 0 Å². The van der Waals surface area contributed by atoms with Gasteiger partial charge in [-0.05, 0) is 42.5 Å². The molecule has 0 saturated heterocycles. The Kier molecular flexibility index (Phi) is 7.50. The standard InChI is InChI=1S/C18H17ClN2O4S/c19-12-2-1-3-14(10-12)21-17(23)11-26-15-6-4-13(5-7-15)20-16(22)8-9-18(24)25/h1-7,10H,8-9,11H2,(H,20,22)(H,21,23)(H,24,25). The van der Waals surface area contributed by atoms with E-state index in [0.717, 1.165) is 4.90 Å². The highest BCUT2D eigenvalue weighted by molar-refractivity contribution is 8.00. The molecule has 2 rings (SSSR count). The number of carbonyl (C=O) groups excluding carboxylic acids is 2. The molecule has 0 fully saturated rings. The molecule has 0 heterocycles. The first-order valence-corrected chi connectivity index (χ1v) is 9.08. The monoisotopic (exact) mass is 392 g/mol. The lowest BCUT2D eigenvalue weighted by atomic mass is 10.2. The number of aliphatic carboxylic acids is 1. The summed E-state index contributed by atoms with van der Waals surface area (Å²) in [7, 11) is 0. The average molecular weight is 393 g/mol. The van der Waals surface area contributed by atoms with Gasteiger partial charge in [0.15, 0.2) is 0 Å². The predicted molar refractivity (Wildman–Crippen MR) is 103 cm³/mol. The van der Waals surface area contributed by atoms with E-state index >= 15 is 0 Å². The molecule has 0 aliphatic rings. The quantitative estimate of drug-likeness (QED) is 0.592. The molecule has 0 unspecified atom stereocenters. The Hall–Kier alpha value is -2.51. The van der Waals surface area contributed by atoms with Crippen LogP contribution >= 0.6 is 23.4 Å². The number of anilines is 2. The van der Waals surface area contributed by atoms with Gasteiger partial charge in [-0.2, -0.15) is 0 Å². The minimum Gasteiger partial charge on any atom is -0.481 e. The fourth-order valence-electron chi connectivity index (χ4n) is 1.99. The van der Waals surface area contributed by atoms with Crippen LogP contribution in [0.25, 0.3) is 0 Å². The first-order chi connectivity index (χ1) is 12.4. The van der Waals surface area contributed by atoms with Gasteiger partial charge in [-0.3, -0.25) is 14.4 Å². The second-order valence-corrected chi connectivity index (χ2v) is 6.80. The van der Waals surface area contributed by atoms with Crippen molar-refractivity contribution in [2.45, 2.75) is 17.7 Å². The minimum absolute atomic E-state index is 0.0739. The van der Waals surface area contributed by atoms with Crippen LogP contribution in [-0.4, -0.2) is 28.6 Å². The minimum atomic E-state index is -1.01. The normalized spacial score (nSPS) is 10.2. The van der Waals surface area contributed by atoms with Crippen LogP contribution in [0.4, 0.5) is 11.4 Å². The molecule has 0 aliphatic carbocycles. The van der Waals surface area contributed by atoms with Crippen molar-refractivity contribution in [1.82, 2.24) is 0 Å². The van der Waals surface area contributed by atoms with E-state index in [9.17, 15) is 14.4 Å². The first kappa shape index (κ1) is 19.8. The molecule has 2 aromatic rings. The van der Waals surface area contributed by atoms with Crippen LogP contribution in [0.3, 0.4) is 0 Å². The summed E-state index contributed by atoms with van der Waals surface area (Å²) in [6.07, 6.45) is -0.281. The van der Waals surface area contributed by atoms with Gasteiger partial charge in [0.05, 0.1) is 12.2 Å². The molecule has 2 aromatic carbocycles. The Bertz CT molecular complexity index is 796. The average Bonchev–Trinajstić information content (AvgIpc) is 2.59. The topological polar surface area (TPSA) is 95.5 Å². The van der Waals surface area contributed by atoms with Crippen molar-refractivity contribution in [3.05, 3.63) is 53.6 Å². The highest BCUT2D eigenvalue weighted by atomic mass is 35.5. The van der Waals surface area contributed by atoms with Crippen LogP contribution in [0.5, 0.6) is 0 Å². The highest BCUT2D eigenvalue weighted by Gasteiger charge is 2.07. The van der Waals surface area contributed by atoms with E-state index in [2.05, 4.69) is 10.6 Å². The van der Waals surface area contributed by atoms with Crippen molar-refractivity contribution in [2.24, 2.45) is 0 Å². The molecular weight excluding hydrogens is 376 g/mol. The predicted octanol–water partition coefficient (Wildman–Crippen LogP) is 3.87. The summed E-state index contributed by atoms with van der Waals surface area (Å²) in [6.45, 7) is 0. The molecule has 0 aromatic heterocycles. The second-order valence-electron chi connectivity index (χ2n) is 5.31. The lowest BCUT2D eigenvalue weighted by molar-refractivity contribution is -0.138. The number of carboxylic acids is 1. The van der Waals surface area contributed by atoms with Crippen LogP contribution in [-0.2, 0) is 14.4 Å². The van der Waals surface area contributed by atoms with Crippen molar-refractivity contribution < 1.29 is 19.5 Å². The number of carbonyl (C=O) groups is 3.